The second kappa shape index (κ2) is 12.9. The lowest BCUT2D eigenvalue weighted by molar-refractivity contribution is 0.125. The highest BCUT2D eigenvalue weighted by Gasteiger charge is 2.24. The van der Waals surface area contributed by atoms with Gasteiger partial charge in [-0.05, 0) is 48.7 Å². The van der Waals surface area contributed by atoms with Gasteiger partial charge in [0.25, 0.3) is 0 Å². The topological polar surface area (TPSA) is 114 Å². The SMILES string of the molecule is C/C(N)=C(\CO)N(N)CCCOc1ccc(C(C)(C)c2ccc(OC[C@@H](O)CCl)c(C)c2)cc1. The summed E-state index contributed by atoms with van der Waals surface area (Å²) < 4.78 is 11.5. The first-order chi connectivity index (χ1) is 16.1. The van der Waals surface area contributed by atoms with Gasteiger partial charge in [-0.15, -0.1) is 11.6 Å². The van der Waals surface area contributed by atoms with Crippen molar-refractivity contribution >= 4 is 11.6 Å². The van der Waals surface area contributed by atoms with Crippen LogP contribution in [0.2, 0.25) is 0 Å². The molecule has 0 unspecified atom stereocenters. The molecular formula is C26H38ClN3O4. The number of aryl methyl sites for hydroxylation is 1. The molecule has 7 nitrogen and oxygen atoms in total. The second-order valence-corrected chi connectivity index (χ2v) is 9.24. The zero-order valence-electron chi connectivity index (χ0n) is 20.6. The Morgan fingerprint density at radius 2 is 1.76 bits per heavy atom. The largest absolute Gasteiger partial charge is 0.494 e. The van der Waals surface area contributed by atoms with Gasteiger partial charge in [-0.3, -0.25) is 0 Å². The quantitative estimate of drug-likeness (QED) is 0.147. The first-order valence-electron chi connectivity index (χ1n) is 11.4. The van der Waals surface area contributed by atoms with Crippen molar-refractivity contribution in [1.29, 1.82) is 0 Å². The second-order valence-electron chi connectivity index (χ2n) is 8.93. The molecule has 2 aromatic carbocycles. The lowest BCUT2D eigenvalue weighted by Gasteiger charge is -2.27. The van der Waals surface area contributed by atoms with E-state index in [1.807, 2.05) is 25.1 Å². The Labute approximate surface area is 207 Å². The highest BCUT2D eigenvalue weighted by Crippen LogP contribution is 2.34. The summed E-state index contributed by atoms with van der Waals surface area (Å²) in [4.78, 5) is 0. The number of alkyl halides is 1. The maximum atomic E-state index is 9.62. The number of benzene rings is 2. The molecule has 0 aromatic heterocycles. The number of hydrazine groups is 1. The molecule has 0 aliphatic heterocycles. The number of nitrogens with zero attached hydrogens (tertiary/aromatic N) is 1. The van der Waals surface area contributed by atoms with Crippen LogP contribution in [-0.2, 0) is 5.41 Å². The molecule has 2 rings (SSSR count). The maximum Gasteiger partial charge on any atom is 0.122 e. The van der Waals surface area contributed by atoms with Gasteiger partial charge >= 0.3 is 0 Å². The van der Waals surface area contributed by atoms with Crippen LogP contribution in [0.5, 0.6) is 11.5 Å². The van der Waals surface area contributed by atoms with E-state index in [1.54, 1.807) is 6.92 Å². The third-order valence-corrected chi connectivity index (χ3v) is 6.20. The summed E-state index contributed by atoms with van der Waals surface area (Å²) in [5.41, 5.74) is 9.87. The Hall–Kier alpha value is -2.45. The average molecular weight is 492 g/mol. The van der Waals surface area contributed by atoms with Crippen LogP contribution in [0.15, 0.2) is 53.9 Å². The Bertz CT molecular complexity index is 944. The van der Waals surface area contributed by atoms with Crippen LogP contribution >= 0.6 is 11.6 Å². The van der Waals surface area contributed by atoms with Crippen molar-refractivity contribution in [2.24, 2.45) is 11.6 Å². The molecule has 1 atom stereocenters. The molecule has 0 aliphatic rings. The predicted octanol–water partition coefficient (Wildman–Crippen LogP) is 3.43. The van der Waals surface area contributed by atoms with Crippen molar-refractivity contribution in [2.45, 2.75) is 45.6 Å². The fourth-order valence-electron chi connectivity index (χ4n) is 3.57. The minimum Gasteiger partial charge on any atom is -0.494 e. The average Bonchev–Trinajstić information content (AvgIpc) is 2.81. The number of ether oxygens (including phenoxy) is 2. The summed E-state index contributed by atoms with van der Waals surface area (Å²) >= 11 is 5.64. The fraction of sp³-hybridized carbons (Fsp3) is 0.462. The number of aliphatic hydroxyl groups is 2. The van der Waals surface area contributed by atoms with Gasteiger partial charge < -0.3 is 30.4 Å². The van der Waals surface area contributed by atoms with Crippen molar-refractivity contribution in [2.75, 3.05) is 32.2 Å². The van der Waals surface area contributed by atoms with Crippen molar-refractivity contribution in [3.63, 3.8) is 0 Å². The Morgan fingerprint density at radius 1 is 1.12 bits per heavy atom. The van der Waals surface area contributed by atoms with E-state index in [0.717, 1.165) is 28.2 Å². The number of allylic oxidation sites excluding steroid dienone is 1. The lowest BCUT2D eigenvalue weighted by Crippen LogP contribution is -2.35. The van der Waals surface area contributed by atoms with Crippen LogP contribution in [0.25, 0.3) is 0 Å². The third-order valence-electron chi connectivity index (χ3n) is 5.85. The Balaban J connectivity index is 1.96. The van der Waals surface area contributed by atoms with E-state index in [0.29, 0.717) is 31.0 Å². The molecule has 0 heterocycles. The number of halogens is 1. The smallest absolute Gasteiger partial charge is 0.122 e. The van der Waals surface area contributed by atoms with E-state index in [2.05, 4.69) is 38.1 Å². The predicted molar refractivity (Wildman–Crippen MR) is 137 cm³/mol. The zero-order chi connectivity index (χ0) is 25.3. The molecule has 188 valence electrons. The monoisotopic (exact) mass is 491 g/mol. The maximum absolute atomic E-state index is 9.62. The highest BCUT2D eigenvalue weighted by molar-refractivity contribution is 6.18. The van der Waals surface area contributed by atoms with Crippen LogP contribution in [-0.4, -0.2) is 53.6 Å². The standard InChI is InChI=1S/C26H38ClN3O4/c1-18-14-21(8-11-25(18)34-17-22(32)15-27)26(3,4)20-6-9-23(10-7-20)33-13-5-12-30(29)24(16-31)19(2)28/h6-11,14,22,31-32H,5,12-13,15-17,28-29H2,1-4H3/b24-19-/t22-/m0/s1. The molecule has 34 heavy (non-hydrogen) atoms. The molecule has 8 heteroatoms. The summed E-state index contributed by atoms with van der Waals surface area (Å²) in [6.07, 6.45) is 0.00742. The minimum absolute atomic E-state index is 0.144. The molecule has 6 N–H and O–H groups in total. The fourth-order valence-corrected chi connectivity index (χ4v) is 3.66. The Kier molecular flexibility index (Phi) is 10.5. The van der Waals surface area contributed by atoms with Crippen molar-refractivity contribution < 1.29 is 19.7 Å². The van der Waals surface area contributed by atoms with Crippen LogP contribution in [0.3, 0.4) is 0 Å². The molecule has 0 radical (unpaired) electrons. The molecule has 0 saturated carbocycles. The highest BCUT2D eigenvalue weighted by atomic mass is 35.5. The van der Waals surface area contributed by atoms with Gasteiger partial charge in [0.2, 0.25) is 0 Å². The third kappa shape index (κ3) is 7.53. The molecule has 0 fully saturated rings. The van der Waals surface area contributed by atoms with Crippen LogP contribution in [0, 0.1) is 6.92 Å². The van der Waals surface area contributed by atoms with E-state index in [9.17, 15) is 10.2 Å². The molecule has 2 aromatic rings. The van der Waals surface area contributed by atoms with Gasteiger partial charge in [0, 0.05) is 24.1 Å². The summed E-state index contributed by atoms with van der Waals surface area (Å²) in [6, 6.07) is 14.2. The lowest BCUT2D eigenvalue weighted by atomic mass is 9.77. The number of nitrogens with two attached hydrogens (primary N) is 2. The molecule has 0 saturated heterocycles. The van der Waals surface area contributed by atoms with Gasteiger partial charge in [0.15, 0.2) is 0 Å². The summed E-state index contributed by atoms with van der Waals surface area (Å²) in [6.45, 7) is 9.07. The van der Waals surface area contributed by atoms with Gasteiger partial charge in [-0.25, -0.2) is 5.84 Å². The zero-order valence-corrected chi connectivity index (χ0v) is 21.3. The van der Waals surface area contributed by atoms with E-state index >= 15 is 0 Å². The molecular weight excluding hydrogens is 454 g/mol. The van der Waals surface area contributed by atoms with E-state index in [4.69, 9.17) is 32.7 Å². The van der Waals surface area contributed by atoms with Gasteiger partial charge in [0.1, 0.15) is 24.2 Å². The molecule has 0 bridgehead atoms. The van der Waals surface area contributed by atoms with Crippen LogP contribution in [0.4, 0.5) is 0 Å². The van der Waals surface area contributed by atoms with E-state index < -0.39 is 6.10 Å². The van der Waals surface area contributed by atoms with Crippen molar-refractivity contribution in [3.8, 4) is 11.5 Å². The van der Waals surface area contributed by atoms with Crippen LogP contribution < -0.4 is 21.1 Å². The van der Waals surface area contributed by atoms with Crippen LogP contribution in [0.1, 0.15) is 43.9 Å². The first kappa shape index (κ1) is 27.8. The number of rotatable bonds is 13. The summed E-state index contributed by atoms with van der Waals surface area (Å²) in [7, 11) is 0. The normalized spacial score (nSPS) is 13.3. The minimum atomic E-state index is -0.683. The van der Waals surface area contributed by atoms with Crippen molar-refractivity contribution in [1.82, 2.24) is 5.01 Å². The number of hydrogen-bond acceptors (Lipinski definition) is 7. The van der Waals surface area contributed by atoms with Gasteiger partial charge in [-0.1, -0.05) is 38.1 Å². The summed E-state index contributed by atoms with van der Waals surface area (Å²) in [5, 5.41) is 20.4. The van der Waals surface area contributed by atoms with Gasteiger partial charge in [-0.2, -0.15) is 0 Å². The van der Waals surface area contributed by atoms with E-state index in [-0.39, 0.29) is 24.5 Å². The number of hydrogen-bond donors (Lipinski definition) is 4. The van der Waals surface area contributed by atoms with E-state index in [1.165, 1.54) is 5.01 Å². The molecule has 0 aliphatic carbocycles. The number of aliphatic hydroxyl groups excluding tert-OH is 2. The Morgan fingerprint density at radius 3 is 2.32 bits per heavy atom. The summed E-state index contributed by atoms with van der Waals surface area (Å²) in [5.74, 6) is 7.62. The van der Waals surface area contributed by atoms with Gasteiger partial charge in [0.05, 0.1) is 24.8 Å². The molecule has 0 spiro atoms. The molecule has 0 amide bonds. The first-order valence-corrected chi connectivity index (χ1v) is 11.9. The van der Waals surface area contributed by atoms with Crippen molar-refractivity contribution in [3.05, 3.63) is 70.5 Å².